The number of aromatic nitrogens is 1. The first kappa shape index (κ1) is 20.5. The molecule has 3 heteroatoms. The van der Waals surface area contributed by atoms with E-state index in [1.54, 1.807) is 0 Å². The molecule has 0 amide bonds. The number of allylic oxidation sites excluding steroid dienone is 1. The summed E-state index contributed by atoms with van der Waals surface area (Å²) in [6.07, 6.45) is 3.46. The predicted octanol–water partition coefficient (Wildman–Crippen LogP) is 5.87. The number of benzene rings is 4. The summed E-state index contributed by atoms with van der Waals surface area (Å²) in [5.74, 6) is 0. The molecule has 0 bridgehead atoms. The maximum absolute atomic E-state index is 2.48. The third kappa shape index (κ3) is 3.19. The van der Waals surface area contributed by atoms with E-state index in [2.05, 4.69) is 128 Å². The second-order valence-corrected chi connectivity index (χ2v) is 11.5. The third-order valence-electron chi connectivity index (χ3n) is 7.18. The van der Waals surface area contributed by atoms with Crippen molar-refractivity contribution in [3.63, 3.8) is 0 Å². The molecule has 0 saturated heterocycles. The molecule has 1 aromatic heterocycles. The minimum atomic E-state index is -0.120. The summed E-state index contributed by atoms with van der Waals surface area (Å²) in [5.41, 5.74) is 6.75. The molecule has 162 valence electrons. The molecule has 0 N–H and O–H groups in total. The molecule has 33 heavy (non-hydrogen) atoms. The van der Waals surface area contributed by atoms with Gasteiger partial charge in [-0.2, -0.15) is 0 Å². The van der Waals surface area contributed by atoms with Gasteiger partial charge in [-0.1, -0.05) is 0 Å². The van der Waals surface area contributed by atoms with Crippen LogP contribution in [0.3, 0.4) is 0 Å². The zero-order valence-electron chi connectivity index (χ0n) is 19.2. The Morgan fingerprint density at radius 1 is 0.879 bits per heavy atom. The Morgan fingerprint density at radius 2 is 1.61 bits per heavy atom. The number of anilines is 1. The number of hydrogen-bond donors (Lipinski definition) is 0. The van der Waals surface area contributed by atoms with Gasteiger partial charge in [0.25, 0.3) is 0 Å². The molecule has 0 aliphatic carbocycles. The molecule has 1 atom stereocenters. The van der Waals surface area contributed by atoms with Crippen molar-refractivity contribution in [2.24, 2.45) is 7.05 Å². The van der Waals surface area contributed by atoms with Crippen molar-refractivity contribution < 1.29 is 4.57 Å². The number of hydrogen-bond acceptors (Lipinski definition) is 1. The van der Waals surface area contributed by atoms with Crippen LogP contribution >= 0.6 is 0 Å². The molecule has 1 unspecified atom stereocenters. The summed E-state index contributed by atoms with van der Waals surface area (Å²) in [7, 11) is 4.46. The maximum atomic E-state index is 2.48. The molecule has 1 aliphatic heterocycles. The molecule has 0 spiro atoms. The van der Waals surface area contributed by atoms with Crippen molar-refractivity contribution >= 4 is 46.8 Å². The Kier molecular flexibility index (Phi) is 4.79. The zero-order valence-corrected chi connectivity index (χ0v) is 21.0. The van der Waals surface area contributed by atoms with Crippen LogP contribution < -0.4 is 9.47 Å². The Balaban J connectivity index is 1.61. The van der Waals surface area contributed by atoms with Gasteiger partial charge in [-0.25, -0.2) is 0 Å². The van der Waals surface area contributed by atoms with Gasteiger partial charge < -0.3 is 0 Å². The van der Waals surface area contributed by atoms with Gasteiger partial charge in [-0.3, -0.25) is 0 Å². The molecule has 0 fully saturated rings. The Labute approximate surface area is 201 Å². The van der Waals surface area contributed by atoms with E-state index in [0.717, 1.165) is 6.42 Å². The zero-order chi connectivity index (χ0) is 22.6. The first-order valence-electron chi connectivity index (χ1n) is 11.5. The molecule has 2 nitrogen and oxygen atoms in total. The molecular formula is C30H27N2Se+. The summed E-state index contributed by atoms with van der Waals surface area (Å²) < 4.78 is 5.27. The van der Waals surface area contributed by atoms with Crippen molar-refractivity contribution in [3.05, 3.63) is 112 Å². The molecule has 0 saturated carbocycles. The van der Waals surface area contributed by atoms with E-state index < -0.39 is 0 Å². The second-order valence-electron chi connectivity index (χ2n) is 9.23. The average Bonchev–Trinajstić information content (AvgIpc) is 3.27. The van der Waals surface area contributed by atoms with Gasteiger partial charge >= 0.3 is 202 Å². The van der Waals surface area contributed by atoms with E-state index in [9.17, 15) is 0 Å². The van der Waals surface area contributed by atoms with Gasteiger partial charge in [0.2, 0.25) is 0 Å². The van der Waals surface area contributed by atoms with Crippen LogP contribution in [0.1, 0.15) is 22.6 Å². The topological polar surface area (TPSA) is 7.12 Å². The van der Waals surface area contributed by atoms with Crippen LogP contribution in [0, 0.1) is 0 Å². The number of fused-ring (bicyclic) bond motifs is 4. The van der Waals surface area contributed by atoms with Crippen LogP contribution in [0.4, 0.5) is 5.69 Å². The van der Waals surface area contributed by atoms with Crippen LogP contribution in [0.5, 0.6) is 0 Å². The normalized spacial score (nSPS) is 19.0. The Morgan fingerprint density at radius 3 is 2.42 bits per heavy atom. The summed E-state index contributed by atoms with van der Waals surface area (Å²) in [6, 6.07) is 33.2. The molecular weight excluding hydrogens is 467 g/mol. The minimum absolute atomic E-state index is 0.120. The first-order valence-corrected chi connectivity index (χ1v) is 13.2. The molecule has 0 radical (unpaired) electrons. The third-order valence-corrected chi connectivity index (χ3v) is 9.63. The van der Waals surface area contributed by atoms with E-state index in [1.807, 2.05) is 0 Å². The van der Waals surface area contributed by atoms with Crippen LogP contribution in [-0.2, 0) is 18.9 Å². The Bertz CT molecular complexity index is 1530. The Hall–Kier alpha value is -3.13. The monoisotopic (exact) mass is 495 g/mol. The quantitative estimate of drug-likeness (QED) is 0.225. The van der Waals surface area contributed by atoms with Crippen LogP contribution in [-0.4, -0.2) is 21.6 Å². The summed E-state index contributed by atoms with van der Waals surface area (Å²) >= 11 is 0.309. The number of aryl methyl sites for hydroxylation is 1. The fourth-order valence-electron chi connectivity index (χ4n) is 5.55. The summed E-state index contributed by atoms with van der Waals surface area (Å²) in [6.45, 7) is 2.44. The molecule has 1 aliphatic rings. The van der Waals surface area contributed by atoms with Crippen molar-refractivity contribution in [1.29, 1.82) is 0 Å². The van der Waals surface area contributed by atoms with Crippen molar-refractivity contribution in [2.45, 2.75) is 18.8 Å². The number of para-hydroxylation sites is 1. The van der Waals surface area contributed by atoms with Gasteiger partial charge in [0.05, 0.1) is 0 Å². The van der Waals surface area contributed by atoms with E-state index in [4.69, 9.17) is 0 Å². The predicted molar refractivity (Wildman–Crippen MR) is 140 cm³/mol. The summed E-state index contributed by atoms with van der Waals surface area (Å²) in [4.78, 5) is 2.44. The average molecular weight is 495 g/mol. The molecule has 2 heterocycles. The van der Waals surface area contributed by atoms with Crippen LogP contribution in [0.15, 0.2) is 96.7 Å². The fourth-order valence-corrected chi connectivity index (χ4v) is 7.83. The van der Waals surface area contributed by atoms with Gasteiger partial charge in [0, 0.05) is 0 Å². The van der Waals surface area contributed by atoms with Gasteiger partial charge in [-0.05, 0) is 0 Å². The molecule has 5 aromatic rings. The fraction of sp³-hybridized carbons (Fsp3) is 0.167. The number of rotatable bonds is 3. The first-order chi connectivity index (χ1) is 16.1. The van der Waals surface area contributed by atoms with E-state index in [-0.39, 0.29) is 5.41 Å². The molecule has 4 aromatic carbocycles. The second kappa shape index (κ2) is 7.73. The molecule has 6 rings (SSSR count). The van der Waals surface area contributed by atoms with Crippen LogP contribution in [0.2, 0.25) is 0 Å². The number of likely N-dealkylation sites (N-methyl/N-ethyl adjacent to an activating group) is 1. The van der Waals surface area contributed by atoms with Crippen molar-refractivity contribution in [2.75, 3.05) is 11.9 Å². The van der Waals surface area contributed by atoms with Crippen LogP contribution in [0.25, 0.3) is 26.6 Å². The van der Waals surface area contributed by atoms with Crippen molar-refractivity contribution in [3.8, 4) is 0 Å². The van der Waals surface area contributed by atoms with Gasteiger partial charge in [0.15, 0.2) is 0 Å². The SMILES string of the molecule is CN1C(=Cc2[se]c3ccccc3[n+]2C)C(C)(Cc2ccccc2)c2c1ccc1ccccc21. The van der Waals surface area contributed by atoms with Gasteiger partial charge in [0.1, 0.15) is 0 Å². The number of nitrogens with zero attached hydrogens (tertiary/aromatic N) is 2. The standard InChI is InChI=1S/C30H27N2Se/c1-30(20-21-11-5-4-6-12-21)27(19-28-32(3)24-15-9-10-16-26(24)33-28)31(2)25-18-17-22-13-7-8-14-23(22)29(25)30/h4-19H,20H2,1-3H3/q+1. The van der Waals surface area contributed by atoms with E-state index in [0.29, 0.717) is 14.5 Å². The van der Waals surface area contributed by atoms with Crippen molar-refractivity contribution in [1.82, 2.24) is 0 Å². The van der Waals surface area contributed by atoms with Gasteiger partial charge in [-0.15, -0.1) is 0 Å². The summed E-state index contributed by atoms with van der Waals surface area (Å²) in [5, 5.41) is 2.68. The van der Waals surface area contributed by atoms with E-state index >= 15 is 0 Å². The van der Waals surface area contributed by atoms with E-state index in [1.165, 1.54) is 47.6 Å².